The third-order valence-corrected chi connectivity index (χ3v) is 8.81. The van der Waals surface area contributed by atoms with Gasteiger partial charge in [-0.1, -0.05) is 19.1 Å². The molecule has 2 aliphatic rings. The fraction of sp³-hybridized carbons (Fsp3) is 0.500. The highest BCUT2D eigenvalue weighted by Gasteiger charge is 2.41. The lowest BCUT2D eigenvalue weighted by molar-refractivity contribution is 0.0979. The van der Waals surface area contributed by atoms with Crippen LogP contribution in [-0.4, -0.2) is 54.8 Å². The van der Waals surface area contributed by atoms with Crippen molar-refractivity contribution in [2.75, 3.05) is 24.5 Å². The Morgan fingerprint density at radius 1 is 1.21 bits per heavy atom. The summed E-state index contributed by atoms with van der Waals surface area (Å²) in [4.78, 5) is 20.1. The summed E-state index contributed by atoms with van der Waals surface area (Å²) in [7, 11) is -4.04. The number of hydrogen-bond acceptors (Lipinski definition) is 6. The van der Waals surface area contributed by atoms with Gasteiger partial charge in [-0.25, -0.2) is 14.1 Å². The van der Waals surface area contributed by atoms with Gasteiger partial charge in [-0.2, -0.15) is 12.7 Å². The first-order valence-corrected chi connectivity index (χ1v) is 13.0. The first-order valence-electron chi connectivity index (χ1n) is 11.5. The summed E-state index contributed by atoms with van der Waals surface area (Å²) in [6.07, 6.45) is 1.45. The number of carbonyl (C=O) groups excluding carboxylic acids is 1. The number of hydrogen-bond donors (Lipinski definition) is 2. The first kappa shape index (κ1) is 24.6. The van der Waals surface area contributed by atoms with E-state index in [1.165, 1.54) is 10.4 Å². The Bertz CT molecular complexity index is 1220. The zero-order valence-electron chi connectivity index (χ0n) is 20.0. The molecule has 2 fully saturated rings. The number of amides is 1. The molecule has 1 amide bonds. The van der Waals surface area contributed by atoms with Crippen LogP contribution in [0.1, 0.15) is 49.5 Å². The third kappa shape index (κ3) is 4.42. The molecule has 3 heterocycles. The minimum atomic E-state index is -4.04. The maximum absolute atomic E-state index is 14.2. The number of nitrogens with two attached hydrogens (primary N) is 1. The van der Waals surface area contributed by atoms with Crippen LogP contribution >= 0.6 is 0 Å². The number of carbonyl (C=O) groups is 1. The average molecular weight is 490 g/mol. The molecule has 4 rings (SSSR count). The first-order chi connectivity index (χ1) is 15.9. The van der Waals surface area contributed by atoms with E-state index in [0.29, 0.717) is 41.5 Å². The van der Waals surface area contributed by atoms with Gasteiger partial charge in [0.2, 0.25) is 0 Å². The van der Waals surface area contributed by atoms with E-state index in [1.54, 1.807) is 31.2 Å². The topological polar surface area (TPSA) is 109 Å². The SMILES string of the molecule is Cc1c(F)cccc1-c1ccc(C(=O)NS(=O)(=O)N2CC[C@H](N)C2)c(N2CCC(C)C2(C)C)n1. The molecule has 2 atom stereocenters. The molecule has 1 unspecified atom stereocenters. The summed E-state index contributed by atoms with van der Waals surface area (Å²) in [5, 5.41) is 0. The van der Waals surface area contributed by atoms with Gasteiger partial charge >= 0.3 is 10.2 Å². The summed E-state index contributed by atoms with van der Waals surface area (Å²) in [5.74, 6) is -0.366. The van der Waals surface area contributed by atoms with E-state index < -0.39 is 16.1 Å². The van der Waals surface area contributed by atoms with Gasteiger partial charge in [0.15, 0.2) is 0 Å². The second-order valence-electron chi connectivity index (χ2n) is 9.82. The molecule has 2 aromatic rings. The normalized spacial score (nSPS) is 22.8. The van der Waals surface area contributed by atoms with Gasteiger partial charge in [-0.3, -0.25) is 4.79 Å². The van der Waals surface area contributed by atoms with Gasteiger partial charge < -0.3 is 10.6 Å². The lowest BCUT2D eigenvalue weighted by Crippen LogP contribution is -2.45. The number of pyridine rings is 1. The highest BCUT2D eigenvalue weighted by molar-refractivity contribution is 7.87. The monoisotopic (exact) mass is 489 g/mol. The standard InChI is InChI=1S/C24H32FN5O3S/c1-15-10-13-30(24(15,3)4)22-19(23(31)28-34(32,33)29-12-11-17(26)14-29)8-9-21(27-22)18-6-5-7-20(25)16(18)2/h5-9,15,17H,10-14,26H2,1-4H3,(H,28,31)/t15?,17-/m0/s1. The predicted octanol–water partition coefficient (Wildman–Crippen LogP) is 2.83. The molecule has 0 radical (unpaired) electrons. The van der Waals surface area contributed by atoms with Crippen molar-refractivity contribution in [3.63, 3.8) is 0 Å². The molecule has 34 heavy (non-hydrogen) atoms. The fourth-order valence-electron chi connectivity index (χ4n) is 4.68. The van der Waals surface area contributed by atoms with Crippen LogP contribution in [0.4, 0.5) is 10.2 Å². The van der Waals surface area contributed by atoms with Crippen LogP contribution < -0.4 is 15.4 Å². The fourth-order valence-corrected chi connectivity index (χ4v) is 5.89. The Hall–Kier alpha value is -2.56. The van der Waals surface area contributed by atoms with Gasteiger partial charge in [0.1, 0.15) is 11.6 Å². The molecular formula is C24H32FN5O3S. The van der Waals surface area contributed by atoms with Crippen molar-refractivity contribution in [3.8, 4) is 11.3 Å². The van der Waals surface area contributed by atoms with Crippen molar-refractivity contribution >= 4 is 21.9 Å². The summed E-state index contributed by atoms with van der Waals surface area (Å²) in [6, 6.07) is 7.75. The summed E-state index contributed by atoms with van der Waals surface area (Å²) >= 11 is 0. The molecule has 8 nitrogen and oxygen atoms in total. The largest absolute Gasteiger partial charge is 0.351 e. The number of nitrogens with one attached hydrogen (secondary N) is 1. The Balaban J connectivity index is 1.76. The smallest absolute Gasteiger partial charge is 0.304 e. The lowest BCUT2D eigenvalue weighted by atomic mass is 9.90. The number of rotatable bonds is 5. The summed E-state index contributed by atoms with van der Waals surface area (Å²) in [5.41, 5.74) is 7.30. The number of nitrogens with zero attached hydrogens (tertiary/aromatic N) is 3. The highest BCUT2D eigenvalue weighted by Crippen LogP contribution is 2.39. The van der Waals surface area contributed by atoms with E-state index in [9.17, 15) is 17.6 Å². The molecule has 10 heteroatoms. The van der Waals surface area contributed by atoms with Crippen LogP contribution in [0, 0.1) is 18.7 Å². The lowest BCUT2D eigenvalue weighted by Gasteiger charge is -2.36. The van der Waals surface area contributed by atoms with Crippen molar-refractivity contribution < 1.29 is 17.6 Å². The van der Waals surface area contributed by atoms with Crippen LogP contribution in [-0.2, 0) is 10.2 Å². The van der Waals surface area contributed by atoms with Crippen molar-refractivity contribution in [3.05, 3.63) is 47.3 Å². The molecule has 0 spiro atoms. The average Bonchev–Trinajstić information content (AvgIpc) is 3.32. The molecule has 1 aromatic carbocycles. The second-order valence-corrected chi connectivity index (χ2v) is 11.5. The zero-order valence-corrected chi connectivity index (χ0v) is 20.8. The van der Waals surface area contributed by atoms with Crippen LogP contribution in [0.15, 0.2) is 30.3 Å². The molecule has 3 N–H and O–H groups in total. The quantitative estimate of drug-likeness (QED) is 0.669. The molecule has 184 valence electrons. The molecule has 2 aliphatic heterocycles. The third-order valence-electron chi connectivity index (χ3n) is 7.36. The zero-order chi connectivity index (χ0) is 24.8. The Labute approximate surface area is 200 Å². The Morgan fingerprint density at radius 3 is 2.56 bits per heavy atom. The van der Waals surface area contributed by atoms with E-state index >= 15 is 0 Å². The molecular weight excluding hydrogens is 457 g/mol. The van der Waals surface area contributed by atoms with Gasteiger partial charge in [-0.05, 0) is 63.3 Å². The number of halogens is 1. The molecule has 1 aromatic heterocycles. The molecule has 0 aliphatic carbocycles. The van der Waals surface area contributed by atoms with Gasteiger partial charge in [0.25, 0.3) is 5.91 Å². The maximum Gasteiger partial charge on any atom is 0.304 e. The minimum Gasteiger partial charge on any atom is -0.351 e. The van der Waals surface area contributed by atoms with Crippen molar-refractivity contribution in [1.29, 1.82) is 0 Å². The van der Waals surface area contributed by atoms with E-state index in [0.717, 1.165) is 6.42 Å². The van der Waals surface area contributed by atoms with Crippen LogP contribution in [0.2, 0.25) is 0 Å². The highest BCUT2D eigenvalue weighted by atomic mass is 32.2. The molecule has 0 bridgehead atoms. The van der Waals surface area contributed by atoms with E-state index in [4.69, 9.17) is 10.7 Å². The van der Waals surface area contributed by atoms with E-state index in [2.05, 4.69) is 25.5 Å². The maximum atomic E-state index is 14.2. The molecule has 2 saturated heterocycles. The Morgan fingerprint density at radius 2 is 1.94 bits per heavy atom. The predicted molar refractivity (Wildman–Crippen MR) is 130 cm³/mol. The van der Waals surface area contributed by atoms with Crippen molar-refractivity contribution in [1.82, 2.24) is 14.0 Å². The van der Waals surface area contributed by atoms with Gasteiger partial charge in [-0.15, -0.1) is 0 Å². The summed E-state index contributed by atoms with van der Waals surface area (Å²) < 4.78 is 43.2. The Kier molecular flexibility index (Phi) is 6.43. The van der Waals surface area contributed by atoms with Gasteiger partial charge in [0, 0.05) is 36.8 Å². The minimum absolute atomic E-state index is 0.159. The second kappa shape index (κ2) is 8.90. The van der Waals surface area contributed by atoms with E-state index in [1.807, 2.05) is 4.90 Å². The van der Waals surface area contributed by atoms with Crippen LogP contribution in [0.25, 0.3) is 11.3 Å². The number of aromatic nitrogens is 1. The number of anilines is 1. The van der Waals surface area contributed by atoms with Gasteiger partial charge in [0.05, 0.1) is 11.3 Å². The van der Waals surface area contributed by atoms with Crippen LogP contribution in [0.5, 0.6) is 0 Å². The van der Waals surface area contributed by atoms with Crippen molar-refractivity contribution in [2.45, 2.75) is 52.1 Å². The summed E-state index contributed by atoms with van der Waals surface area (Å²) in [6.45, 7) is 9.09. The van der Waals surface area contributed by atoms with E-state index in [-0.39, 0.29) is 36.1 Å². The number of benzene rings is 1. The van der Waals surface area contributed by atoms with Crippen molar-refractivity contribution in [2.24, 2.45) is 11.7 Å². The molecule has 0 saturated carbocycles. The van der Waals surface area contributed by atoms with Crippen LogP contribution in [0.3, 0.4) is 0 Å².